The van der Waals surface area contributed by atoms with E-state index in [2.05, 4.69) is 15.1 Å². The fraction of sp³-hybridized carbons (Fsp3) is 0.429. The number of carbonyl (C=O) groups is 2. The highest BCUT2D eigenvalue weighted by molar-refractivity contribution is 6.52. The molecule has 0 radical (unpaired) electrons. The highest BCUT2D eigenvalue weighted by Gasteiger charge is 2.30. The summed E-state index contributed by atoms with van der Waals surface area (Å²) in [6.07, 6.45) is 0. The summed E-state index contributed by atoms with van der Waals surface area (Å²) in [7, 11) is 0. The lowest BCUT2D eigenvalue weighted by atomic mass is 10.1. The zero-order chi connectivity index (χ0) is 15.0. The molecule has 21 heavy (non-hydrogen) atoms. The van der Waals surface area contributed by atoms with Gasteiger partial charge in [-0.25, -0.2) is 0 Å². The van der Waals surface area contributed by atoms with Gasteiger partial charge < -0.3 is 15.3 Å². The molecule has 1 amide bonds. The van der Waals surface area contributed by atoms with Gasteiger partial charge in [-0.15, -0.1) is 0 Å². The van der Waals surface area contributed by atoms with E-state index in [1.807, 2.05) is 0 Å². The van der Waals surface area contributed by atoms with Crippen molar-refractivity contribution in [1.29, 1.82) is 0 Å². The molecule has 0 aromatic heterocycles. The van der Waals surface area contributed by atoms with Crippen LogP contribution in [-0.2, 0) is 4.79 Å². The van der Waals surface area contributed by atoms with E-state index in [9.17, 15) is 9.59 Å². The average molecular weight is 310 g/mol. The molecule has 3 rings (SSSR count). The van der Waals surface area contributed by atoms with Gasteiger partial charge in [0.1, 0.15) is 0 Å². The Balaban J connectivity index is 1.80. The van der Waals surface area contributed by atoms with Gasteiger partial charge in [-0.2, -0.15) is 0 Å². The predicted octanol–water partition coefficient (Wildman–Crippen LogP) is 0.589. The van der Waals surface area contributed by atoms with E-state index < -0.39 is 11.7 Å². The number of hydrogen-bond donors (Lipinski definition) is 2. The number of aliphatic hydroxyl groups is 1. The van der Waals surface area contributed by atoms with Gasteiger partial charge in [-0.3, -0.25) is 14.5 Å². The van der Waals surface area contributed by atoms with Gasteiger partial charge in [-0.1, -0.05) is 11.6 Å². The molecular formula is C14H16ClN3O3. The van der Waals surface area contributed by atoms with Crippen LogP contribution in [0.4, 0.5) is 11.4 Å². The highest BCUT2D eigenvalue weighted by atomic mass is 35.5. The lowest BCUT2D eigenvalue weighted by Gasteiger charge is -2.36. The monoisotopic (exact) mass is 309 g/mol. The van der Waals surface area contributed by atoms with E-state index in [4.69, 9.17) is 16.7 Å². The third-order valence-corrected chi connectivity index (χ3v) is 4.22. The smallest absolute Gasteiger partial charge is 0.296 e. The van der Waals surface area contributed by atoms with E-state index in [0.29, 0.717) is 22.8 Å². The Kier molecular flexibility index (Phi) is 3.84. The molecule has 7 heteroatoms. The summed E-state index contributed by atoms with van der Waals surface area (Å²) in [6.45, 7) is 4.11. The van der Waals surface area contributed by atoms with Gasteiger partial charge in [0.25, 0.3) is 11.7 Å². The van der Waals surface area contributed by atoms with Crippen LogP contribution >= 0.6 is 11.6 Å². The van der Waals surface area contributed by atoms with Crippen molar-refractivity contribution in [2.45, 2.75) is 0 Å². The zero-order valence-electron chi connectivity index (χ0n) is 11.4. The lowest BCUT2D eigenvalue weighted by Crippen LogP contribution is -2.47. The molecule has 0 unspecified atom stereocenters. The van der Waals surface area contributed by atoms with Gasteiger partial charge in [0.15, 0.2) is 0 Å². The standard InChI is InChI=1S/C14H16ClN3O3/c15-10-7-9-11(16-14(21)13(9)20)8-12(10)18-3-1-17(2-4-18)5-6-19/h7-8,19H,1-6H2,(H,16,20,21). The number of aliphatic hydroxyl groups excluding tert-OH is 1. The van der Waals surface area contributed by atoms with Crippen LogP contribution < -0.4 is 10.2 Å². The number of halogens is 1. The molecular weight excluding hydrogens is 294 g/mol. The lowest BCUT2D eigenvalue weighted by molar-refractivity contribution is -0.112. The number of carbonyl (C=O) groups excluding carboxylic acids is 2. The molecule has 2 heterocycles. The largest absolute Gasteiger partial charge is 0.395 e. The number of amides is 1. The van der Waals surface area contributed by atoms with Crippen LogP contribution in [0, 0.1) is 0 Å². The molecule has 2 aliphatic rings. The summed E-state index contributed by atoms with van der Waals surface area (Å²) >= 11 is 6.27. The van der Waals surface area contributed by atoms with Crippen molar-refractivity contribution in [3.63, 3.8) is 0 Å². The first-order valence-corrected chi connectivity index (χ1v) is 7.25. The number of benzene rings is 1. The molecule has 0 atom stereocenters. The SMILES string of the molecule is O=C1Nc2cc(N3CCN(CCO)CC3)c(Cl)cc2C1=O. The molecule has 0 spiro atoms. The van der Waals surface area contributed by atoms with Crippen LogP contribution in [0.5, 0.6) is 0 Å². The summed E-state index contributed by atoms with van der Waals surface area (Å²) in [5, 5.41) is 12.0. The molecule has 2 N–H and O–H groups in total. The van der Waals surface area contributed by atoms with E-state index in [1.54, 1.807) is 12.1 Å². The summed E-state index contributed by atoms with van der Waals surface area (Å²) < 4.78 is 0. The van der Waals surface area contributed by atoms with E-state index >= 15 is 0 Å². The Hall–Kier alpha value is -1.63. The predicted molar refractivity (Wildman–Crippen MR) is 80.2 cm³/mol. The fourth-order valence-electron chi connectivity index (χ4n) is 2.75. The van der Waals surface area contributed by atoms with Crippen molar-refractivity contribution in [2.75, 3.05) is 49.5 Å². The van der Waals surface area contributed by atoms with Crippen LogP contribution in [0.3, 0.4) is 0 Å². The highest BCUT2D eigenvalue weighted by Crippen LogP contribution is 2.35. The van der Waals surface area contributed by atoms with Crippen molar-refractivity contribution < 1.29 is 14.7 Å². The Bertz CT molecular complexity index is 597. The molecule has 0 bridgehead atoms. The number of Topliss-reactive ketones (excluding diaryl/α,β-unsaturated/α-hetero) is 1. The van der Waals surface area contributed by atoms with Crippen molar-refractivity contribution >= 4 is 34.7 Å². The van der Waals surface area contributed by atoms with Gasteiger partial charge in [0.2, 0.25) is 0 Å². The number of nitrogens with one attached hydrogen (secondary N) is 1. The van der Waals surface area contributed by atoms with Crippen LogP contribution in [0.25, 0.3) is 0 Å². The van der Waals surface area contributed by atoms with Crippen LogP contribution in [-0.4, -0.2) is 61.0 Å². The molecule has 112 valence electrons. The van der Waals surface area contributed by atoms with Crippen molar-refractivity contribution in [2.24, 2.45) is 0 Å². The van der Waals surface area contributed by atoms with Crippen molar-refractivity contribution in [3.8, 4) is 0 Å². The molecule has 1 aromatic carbocycles. The Morgan fingerprint density at radius 3 is 2.57 bits per heavy atom. The van der Waals surface area contributed by atoms with E-state index in [0.717, 1.165) is 31.9 Å². The van der Waals surface area contributed by atoms with E-state index in [1.165, 1.54) is 0 Å². The molecule has 1 fully saturated rings. The number of ketones is 1. The number of nitrogens with zero attached hydrogens (tertiary/aromatic N) is 2. The quantitative estimate of drug-likeness (QED) is 0.800. The minimum atomic E-state index is -0.606. The fourth-order valence-corrected chi connectivity index (χ4v) is 3.03. The zero-order valence-corrected chi connectivity index (χ0v) is 12.2. The number of fused-ring (bicyclic) bond motifs is 1. The minimum absolute atomic E-state index is 0.160. The Labute approximate surface area is 127 Å². The Morgan fingerprint density at radius 1 is 1.19 bits per heavy atom. The summed E-state index contributed by atoms with van der Waals surface area (Å²) in [5.41, 5.74) is 1.70. The van der Waals surface area contributed by atoms with Crippen LogP contribution in [0.1, 0.15) is 10.4 Å². The Morgan fingerprint density at radius 2 is 1.90 bits per heavy atom. The molecule has 6 nitrogen and oxygen atoms in total. The number of hydrogen-bond acceptors (Lipinski definition) is 5. The maximum Gasteiger partial charge on any atom is 0.296 e. The number of anilines is 2. The third kappa shape index (κ3) is 2.62. The number of β-amino-alcohol motifs (C(OH)–C–C–N with tert-alkyl or cyclic N) is 1. The van der Waals surface area contributed by atoms with Crippen molar-refractivity contribution in [3.05, 3.63) is 22.7 Å². The first-order valence-electron chi connectivity index (χ1n) is 6.87. The maximum absolute atomic E-state index is 11.6. The molecule has 0 saturated carbocycles. The van der Waals surface area contributed by atoms with Gasteiger partial charge in [0, 0.05) is 32.7 Å². The topological polar surface area (TPSA) is 72.9 Å². The second kappa shape index (κ2) is 5.63. The summed E-state index contributed by atoms with van der Waals surface area (Å²) in [4.78, 5) is 27.3. The first kappa shape index (κ1) is 14.3. The van der Waals surface area contributed by atoms with Crippen LogP contribution in [0.2, 0.25) is 5.02 Å². The van der Waals surface area contributed by atoms with Gasteiger partial charge in [0.05, 0.1) is 28.6 Å². The molecule has 0 aliphatic carbocycles. The molecule has 1 saturated heterocycles. The normalized spacial score (nSPS) is 18.9. The molecule has 2 aliphatic heterocycles. The summed E-state index contributed by atoms with van der Waals surface area (Å²) in [6, 6.07) is 3.33. The minimum Gasteiger partial charge on any atom is -0.395 e. The van der Waals surface area contributed by atoms with Crippen molar-refractivity contribution in [1.82, 2.24) is 4.90 Å². The second-order valence-corrected chi connectivity index (χ2v) is 5.59. The first-order chi connectivity index (χ1) is 10.1. The average Bonchev–Trinajstić information content (AvgIpc) is 2.75. The third-order valence-electron chi connectivity index (χ3n) is 3.92. The van der Waals surface area contributed by atoms with E-state index in [-0.39, 0.29) is 6.61 Å². The van der Waals surface area contributed by atoms with Gasteiger partial charge in [-0.05, 0) is 12.1 Å². The number of rotatable bonds is 3. The van der Waals surface area contributed by atoms with Crippen LogP contribution in [0.15, 0.2) is 12.1 Å². The molecule has 1 aromatic rings. The second-order valence-electron chi connectivity index (χ2n) is 5.18. The maximum atomic E-state index is 11.6. The van der Waals surface area contributed by atoms with Gasteiger partial charge >= 0.3 is 0 Å². The number of piperazine rings is 1. The summed E-state index contributed by atoms with van der Waals surface area (Å²) in [5.74, 6) is -1.14.